The van der Waals surface area contributed by atoms with Crippen LogP contribution in [0.25, 0.3) is 0 Å². The van der Waals surface area contributed by atoms with Crippen LogP contribution in [0.1, 0.15) is 30.1 Å². The number of halogens is 2. The predicted octanol–water partition coefficient (Wildman–Crippen LogP) is 3.70. The number of benzene rings is 2. The molecule has 0 aliphatic carbocycles. The van der Waals surface area contributed by atoms with Crippen molar-refractivity contribution >= 4 is 39.2 Å². The van der Waals surface area contributed by atoms with Crippen molar-refractivity contribution in [3.05, 3.63) is 58.9 Å². The van der Waals surface area contributed by atoms with Gasteiger partial charge in [0.15, 0.2) is 0 Å². The van der Waals surface area contributed by atoms with Gasteiger partial charge < -0.3 is 9.64 Å². The molecule has 7 nitrogen and oxygen atoms in total. The molecule has 2 aromatic carbocycles. The lowest BCUT2D eigenvalue weighted by atomic mass is 9.96. The number of carbonyl (C=O) groups is 2. The van der Waals surface area contributed by atoms with Gasteiger partial charge in [-0.15, -0.1) is 0 Å². The highest BCUT2D eigenvalue weighted by molar-refractivity contribution is 7.92. The van der Waals surface area contributed by atoms with Crippen LogP contribution in [0.3, 0.4) is 0 Å². The van der Waals surface area contributed by atoms with Gasteiger partial charge in [-0.2, -0.15) is 0 Å². The van der Waals surface area contributed by atoms with Gasteiger partial charge in [0.1, 0.15) is 5.82 Å². The molecule has 2 aromatic rings. The van der Waals surface area contributed by atoms with Gasteiger partial charge in [-0.1, -0.05) is 11.6 Å². The van der Waals surface area contributed by atoms with Crippen LogP contribution in [0.2, 0.25) is 5.02 Å². The Kier molecular flexibility index (Phi) is 7.17. The van der Waals surface area contributed by atoms with E-state index in [4.69, 9.17) is 16.3 Å². The van der Waals surface area contributed by atoms with E-state index in [2.05, 4.69) is 4.72 Å². The lowest BCUT2D eigenvalue weighted by molar-refractivity contribution is -0.149. The zero-order valence-electron chi connectivity index (χ0n) is 16.8. The van der Waals surface area contributed by atoms with Gasteiger partial charge in [-0.25, -0.2) is 12.8 Å². The molecule has 0 unspecified atom stereocenters. The van der Waals surface area contributed by atoms with E-state index < -0.39 is 15.8 Å². The Morgan fingerprint density at radius 1 is 1.16 bits per heavy atom. The van der Waals surface area contributed by atoms with Crippen LogP contribution >= 0.6 is 11.6 Å². The van der Waals surface area contributed by atoms with E-state index in [0.717, 1.165) is 24.3 Å². The van der Waals surface area contributed by atoms with Gasteiger partial charge in [0.2, 0.25) is 0 Å². The van der Waals surface area contributed by atoms with E-state index in [9.17, 15) is 22.4 Å². The smallest absolute Gasteiger partial charge is 0.309 e. The molecule has 0 aromatic heterocycles. The third-order valence-electron chi connectivity index (χ3n) is 4.98. The van der Waals surface area contributed by atoms with E-state index in [0.29, 0.717) is 32.5 Å². The molecule has 1 fully saturated rings. The highest BCUT2D eigenvalue weighted by atomic mass is 35.5. The van der Waals surface area contributed by atoms with Crippen LogP contribution < -0.4 is 4.72 Å². The summed E-state index contributed by atoms with van der Waals surface area (Å²) < 4.78 is 45.6. The molecule has 0 radical (unpaired) electrons. The molecule has 0 bridgehead atoms. The van der Waals surface area contributed by atoms with Gasteiger partial charge in [0.25, 0.3) is 15.9 Å². The summed E-state index contributed by atoms with van der Waals surface area (Å²) in [5.41, 5.74) is 0.300. The summed E-state index contributed by atoms with van der Waals surface area (Å²) in [5, 5.41) is 0.114. The summed E-state index contributed by atoms with van der Waals surface area (Å²) in [6.07, 6.45) is 1.00. The number of piperidine rings is 1. The van der Waals surface area contributed by atoms with Gasteiger partial charge in [-0.05, 0) is 62.2 Å². The fraction of sp³-hybridized carbons (Fsp3) is 0.333. The van der Waals surface area contributed by atoms with Crippen molar-refractivity contribution in [3.8, 4) is 0 Å². The summed E-state index contributed by atoms with van der Waals surface area (Å²) in [6.45, 7) is 2.85. The summed E-state index contributed by atoms with van der Waals surface area (Å²) in [5.74, 6) is -1.33. The second-order valence-corrected chi connectivity index (χ2v) is 9.16. The minimum atomic E-state index is -4.02. The van der Waals surface area contributed by atoms with Crippen LogP contribution in [-0.4, -0.2) is 44.9 Å². The number of amides is 1. The molecule has 1 N–H and O–H groups in total. The van der Waals surface area contributed by atoms with E-state index in [1.54, 1.807) is 11.8 Å². The van der Waals surface area contributed by atoms with Crippen molar-refractivity contribution in [1.82, 2.24) is 4.90 Å². The quantitative estimate of drug-likeness (QED) is 0.652. The van der Waals surface area contributed by atoms with E-state index in [1.807, 2.05) is 0 Å². The Balaban J connectivity index is 1.73. The van der Waals surface area contributed by atoms with Crippen LogP contribution in [0.4, 0.5) is 10.1 Å². The minimum Gasteiger partial charge on any atom is -0.466 e. The van der Waals surface area contributed by atoms with Crippen LogP contribution in [0, 0.1) is 11.7 Å². The zero-order valence-corrected chi connectivity index (χ0v) is 18.4. The fourth-order valence-corrected chi connectivity index (χ4v) is 4.61. The maximum absolute atomic E-state index is 13.1. The molecule has 1 saturated heterocycles. The molecule has 1 aliphatic rings. The predicted molar refractivity (Wildman–Crippen MR) is 114 cm³/mol. The third-order valence-corrected chi connectivity index (χ3v) is 6.69. The molecule has 0 spiro atoms. The Hall–Kier alpha value is -2.65. The third kappa shape index (κ3) is 5.54. The first kappa shape index (κ1) is 23.0. The lowest BCUT2D eigenvalue weighted by Gasteiger charge is -2.31. The maximum Gasteiger partial charge on any atom is 0.309 e. The first-order valence-corrected chi connectivity index (χ1v) is 11.6. The van der Waals surface area contributed by atoms with Crippen LogP contribution in [-0.2, 0) is 19.6 Å². The molecule has 1 heterocycles. The number of hydrogen-bond donors (Lipinski definition) is 1. The standard InChI is InChI=1S/C21H22ClFN2O5S/c1-2-30-21(27)14-9-11-25(12-10-14)20(26)15-3-8-18(22)19(13-15)24-31(28,29)17-6-4-16(23)5-7-17/h3-8,13-14,24H,2,9-12H2,1H3. The van der Waals surface area contributed by atoms with Gasteiger partial charge >= 0.3 is 5.97 Å². The molecule has 0 atom stereocenters. The van der Waals surface area contributed by atoms with Crippen molar-refractivity contribution < 1.29 is 27.1 Å². The Labute approximate surface area is 185 Å². The molecule has 31 heavy (non-hydrogen) atoms. The number of sulfonamides is 1. The van der Waals surface area contributed by atoms with E-state index in [1.165, 1.54) is 18.2 Å². The van der Waals surface area contributed by atoms with Crippen LogP contribution in [0.15, 0.2) is 47.4 Å². The average molecular weight is 469 g/mol. The number of anilines is 1. The first-order valence-electron chi connectivity index (χ1n) is 9.75. The normalized spacial score (nSPS) is 14.9. The molecule has 3 rings (SSSR count). The van der Waals surface area contributed by atoms with Crippen molar-refractivity contribution in [1.29, 1.82) is 0 Å². The van der Waals surface area contributed by atoms with Crippen LogP contribution in [0.5, 0.6) is 0 Å². The summed E-state index contributed by atoms with van der Waals surface area (Å²) in [4.78, 5) is 26.2. The van der Waals surface area contributed by atoms with Gasteiger partial charge in [-0.3, -0.25) is 14.3 Å². The molecule has 1 amide bonds. The van der Waals surface area contributed by atoms with Crippen molar-refractivity contribution in [3.63, 3.8) is 0 Å². The van der Waals surface area contributed by atoms with Gasteiger partial charge in [0.05, 0.1) is 28.1 Å². The molecular formula is C21H22ClFN2O5S. The molecular weight excluding hydrogens is 447 g/mol. The number of rotatable bonds is 6. The minimum absolute atomic E-state index is 0.0400. The highest BCUT2D eigenvalue weighted by Crippen LogP contribution is 2.28. The monoisotopic (exact) mass is 468 g/mol. The maximum atomic E-state index is 13.1. The number of nitrogens with one attached hydrogen (secondary N) is 1. The SMILES string of the molecule is CCOC(=O)C1CCN(C(=O)c2ccc(Cl)c(NS(=O)(=O)c3ccc(F)cc3)c2)CC1. The number of nitrogens with zero attached hydrogens (tertiary/aromatic N) is 1. The Morgan fingerprint density at radius 2 is 1.81 bits per heavy atom. The number of esters is 1. The van der Waals surface area contributed by atoms with Crippen molar-refractivity contribution in [2.45, 2.75) is 24.7 Å². The average Bonchev–Trinajstić information content (AvgIpc) is 2.75. The summed E-state index contributed by atoms with van der Waals surface area (Å²) in [7, 11) is -4.02. The largest absolute Gasteiger partial charge is 0.466 e. The molecule has 1 aliphatic heterocycles. The lowest BCUT2D eigenvalue weighted by Crippen LogP contribution is -2.40. The Bertz CT molecular complexity index is 1070. The summed E-state index contributed by atoms with van der Waals surface area (Å²) >= 11 is 6.13. The molecule has 10 heteroatoms. The van der Waals surface area contributed by atoms with Gasteiger partial charge in [0, 0.05) is 18.7 Å². The summed E-state index contributed by atoms with van der Waals surface area (Å²) in [6, 6.07) is 8.65. The second-order valence-electron chi connectivity index (χ2n) is 7.07. The fourth-order valence-electron chi connectivity index (χ4n) is 3.31. The highest BCUT2D eigenvalue weighted by Gasteiger charge is 2.29. The Morgan fingerprint density at radius 3 is 2.42 bits per heavy atom. The first-order chi connectivity index (χ1) is 14.7. The van der Waals surface area contributed by atoms with E-state index >= 15 is 0 Å². The zero-order chi connectivity index (χ0) is 22.6. The number of likely N-dealkylation sites (tertiary alicyclic amines) is 1. The number of ether oxygens (including phenoxy) is 1. The number of hydrogen-bond acceptors (Lipinski definition) is 5. The topological polar surface area (TPSA) is 92.8 Å². The van der Waals surface area contributed by atoms with Crippen molar-refractivity contribution in [2.24, 2.45) is 5.92 Å². The van der Waals surface area contributed by atoms with E-state index in [-0.39, 0.29) is 39.0 Å². The molecule has 166 valence electrons. The molecule has 0 saturated carbocycles. The number of carbonyl (C=O) groups excluding carboxylic acids is 2. The van der Waals surface area contributed by atoms with Crippen molar-refractivity contribution in [2.75, 3.05) is 24.4 Å². The second kappa shape index (κ2) is 9.65.